The second-order valence-electron chi connectivity index (χ2n) is 7.44. The third kappa shape index (κ3) is 4.38. The number of benzene rings is 1. The van der Waals surface area contributed by atoms with Crippen molar-refractivity contribution >= 4 is 5.69 Å². The summed E-state index contributed by atoms with van der Waals surface area (Å²) in [5.74, 6) is 0.355. The Hall–Kier alpha value is -2.99. The molecule has 2 aromatic heterocycles. The molecular formula is C23H25FN4O. The molecule has 1 atom stereocenters. The highest BCUT2D eigenvalue weighted by Gasteiger charge is 2.26. The van der Waals surface area contributed by atoms with E-state index in [2.05, 4.69) is 45.0 Å². The van der Waals surface area contributed by atoms with E-state index in [-0.39, 0.29) is 5.82 Å². The fourth-order valence-corrected chi connectivity index (χ4v) is 3.94. The Kier molecular flexibility index (Phi) is 5.71. The number of aromatic nitrogens is 2. The quantitative estimate of drug-likeness (QED) is 0.634. The SMILES string of the molecule is COc1ccc(F)cc1-c1cncc(CN(C)C2CCN(c3ccncc3)C2)c1. The van der Waals surface area contributed by atoms with Gasteiger partial charge in [0.05, 0.1) is 7.11 Å². The zero-order chi connectivity index (χ0) is 20.2. The molecule has 1 aromatic carbocycles. The summed E-state index contributed by atoms with van der Waals surface area (Å²) in [4.78, 5) is 13.3. The van der Waals surface area contributed by atoms with Crippen molar-refractivity contribution in [1.82, 2.24) is 14.9 Å². The van der Waals surface area contributed by atoms with Gasteiger partial charge in [0, 0.05) is 67.3 Å². The first-order valence-electron chi connectivity index (χ1n) is 9.77. The van der Waals surface area contributed by atoms with Crippen molar-refractivity contribution in [1.29, 1.82) is 0 Å². The molecule has 0 N–H and O–H groups in total. The van der Waals surface area contributed by atoms with E-state index in [1.165, 1.54) is 17.8 Å². The molecule has 0 aliphatic carbocycles. The standard InChI is InChI=1S/C23H25FN4O/c1-27(21-7-10-28(16-21)20-5-8-25-9-6-20)15-17-11-18(14-26-13-17)22-12-19(24)3-4-23(22)29-2/h3-6,8-9,11-14,21H,7,10,15-16H2,1-2H3. The molecule has 1 aliphatic heterocycles. The molecule has 1 unspecified atom stereocenters. The van der Waals surface area contributed by atoms with Crippen molar-refractivity contribution < 1.29 is 9.13 Å². The van der Waals surface area contributed by atoms with Crippen LogP contribution < -0.4 is 9.64 Å². The van der Waals surface area contributed by atoms with Crippen molar-refractivity contribution in [3.63, 3.8) is 0 Å². The van der Waals surface area contributed by atoms with Gasteiger partial charge in [0.2, 0.25) is 0 Å². The molecule has 0 amide bonds. The van der Waals surface area contributed by atoms with Gasteiger partial charge in [0.1, 0.15) is 11.6 Å². The second kappa shape index (κ2) is 8.57. The molecule has 4 rings (SSSR count). The van der Waals surface area contributed by atoms with Crippen LogP contribution in [0.15, 0.2) is 61.2 Å². The highest BCUT2D eigenvalue weighted by molar-refractivity contribution is 5.70. The predicted molar refractivity (Wildman–Crippen MR) is 113 cm³/mol. The number of nitrogens with zero attached hydrogens (tertiary/aromatic N) is 4. The Morgan fingerprint density at radius 2 is 1.97 bits per heavy atom. The first-order valence-corrected chi connectivity index (χ1v) is 9.77. The lowest BCUT2D eigenvalue weighted by molar-refractivity contribution is 0.250. The summed E-state index contributed by atoms with van der Waals surface area (Å²) in [5.41, 5.74) is 3.89. The summed E-state index contributed by atoms with van der Waals surface area (Å²) >= 11 is 0. The van der Waals surface area contributed by atoms with Crippen LogP contribution in [0.5, 0.6) is 5.75 Å². The normalized spacial score (nSPS) is 16.4. The van der Waals surface area contributed by atoms with Crippen molar-refractivity contribution in [2.75, 3.05) is 32.1 Å². The Morgan fingerprint density at radius 1 is 1.14 bits per heavy atom. The molecule has 6 heteroatoms. The summed E-state index contributed by atoms with van der Waals surface area (Å²) in [6.07, 6.45) is 8.42. The van der Waals surface area contributed by atoms with Crippen molar-refractivity contribution in [2.45, 2.75) is 19.0 Å². The largest absolute Gasteiger partial charge is 0.496 e. The van der Waals surface area contributed by atoms with Gasteiger partial charge >= 0.3 is 0 Å². The molecular weight excluding hydrogens is 367 g/mol. The fraction of sp³-hybridized carbons (Fsp3) is 0.304. The number of likely N-dealkylation sites (N-methyl/N-ethyl adjacent to an activating group) is 1. The third-order valence-electron chi connectivity index (χ3n) is 5.51. The van der Waals surface area contributed by atoms with Crippen LogP contribution in [0, 0.1) is 5.82 Å². The van der Waals surface area contributed by atoms with Gasteiger partial charge in [0.15, 0.2) is 0 Å². The van der Waals surface area contributed by atoms with Crippen LogP contribution in [0.3, 0.4) is 0 Å². The van der Waals surface area contributed by atoms with Crippen molar-refractivity contribution in [3.05, 3.63) is 72.6 Å². The minimum Gasteiger partial charge on any atom is -0.496 e. The Balaban J connectivity index is 1.47. The second-order valence-corrected chi connectivity index (χ2v) is 7.44. The van der Waals surface area contributed by atoms with Gasteiger partial charge in [-0.05, 0) is 55.4 Å². The lowest BCUT2D eigenvalue weighted by Crippen LogP contribution is -2.34. The van der Waals surface area contributed by atoms with E-state index in [0.717, 1.165) is 37.2 Å². The Labute approximate surface area is 170 Å². The van der Waals surface area contributed by atoms with Crippen LogP contribution in [0.25, 0.3) is 11.1 Å². The molecule has 0 spiro atoms. The maximum absolute atomic E-state index is 13.8. The smallest absolute Gasteiger partial charge is 0.126 e. The molecule has 0 saturated carbocycles. The van der Waals surface area contributed by atoms with Crippen molar-refractivity contribution in [2.24, 2.45) is 0 Å². The molecule has 0 radical (unpaired) electrons. The van der Waals surface area contributed by atoms with Crippen LogP contribution in [0.1, 0.15) is 12.0 Å². The number of pyridine rings is 2. The number of halogens is 1. The van der Waals surface area contributed by atoms with Crippen LogP contribution in [0.2, 0.25) is 0 Å². The van der Waals surface area contributed by atoms with Crippen LogP contribution in [-0.4, -0.2) is 48.2 Å². The summed E-state index contributed by atoms with van der Waals surface area (Å²) in [6.45, 7) is 2.82. The van der Waals surface area contributed by atoms with Gasteiger partial charge in [-0.3, -0.25) is 14.9 Å². The van der Waals surface area contributed by atoms with Gasteiger partial charge in [-0.25, -0.2) is 4.39 Å². The van der Waals surface area contributed by atoms with Gasteiger partial charge in [0.25, 0.3) is 0 Å². The van der Waals surface area contributed by atoms with Crippen LogP contribution >= 0.6 is 0 Å². The summed E-state index contributed by atoms with van der Waals surface area (Å²) in [5, 5.41) is 0. The van der Waals surface area contributed by atoms with E-state index in [1.807, 2.05) is 18.6 Å². The maximum atomic E-state index is 13.8. The third-order valence-corrected chi connectivity index (χ3v) is 5.51. The van der Waals surface area contributed by atoms with E-state index >= 15 is 0 Å². The molecule has 3 heterocycles. The highest BCUT2D eigenvalue weighted by Crippen LogP contribution is 2.31. The first kappa shape index (κ1) is 19.3. The van der Waals surface area contributed by atoms with E-state index in [9.17, 15) is 4.39 Å². The molecule has 5 nitrogen and oxygen atoms in total. The lowest BCUT2D eigenvalue weighted by Gasteiger charge is -2.25. The van der Waals surface area contributed by atoms with Crippen molar-refractivity contribution in [3.8, 4) is 16.9 Å². The fourth-order valence-electron chi connectivity index (χ4n) is 3.94. The number of hydrogen-bond donors (Lipinski definition) is 0. The first-order chi connectivity index (χ1) is 14.1. The van der Waals surface area contributed by atoms with Crippen LogP contribution in [0.4, 0.5) is 10.1 Å². The molecule has 1 aliphatic rings. The van der Waals surface area contributed by atoms with E-state index in [1.54, 1.807) is 19.4 Å². The Morgan fingerprint density at radius 3 is 2.76 bits per heavy atom. The van der Waals surface area contributed by atoms with E-state index in [0.29, 0.717) is 17.4 Å². The zero-order valence-electron chi connectivity index (χ0n) is 16.8. The van der Waals surface area contributed by atoms with E-state index < -0.39 is 0 Å². The number of hydrogen-bond acceptors (Lipinski definition) is 5. The minimum atomic E-state index is -0.287. The molecule has 3 aromatic rings. The molecule has 1 saturated heterocycles. The number of anilines is 1. The number of methoxy groups -OCH3 is 1. The Bertz CT molecular complexity index is 966. The van der Waals surface area contributed by atoms with Gasteiger partial charge < -0.3 is 9.64 Å². The van der Waals surface area contributed by atoms with Gasteiger partial charge in [-0.2, -0.15) is 0 Å². The average Bonchev–Trinajstić information content (AvgIpc) is 3.25. The van der Waals surface area contributed by atoms with E-state index in [4.69, 9.17) is 4.74 Å². The minimum absolute atomic E-state index is 0.287. The molecule has 1 fully saturated rings. The van der Waals surface area contributed by atoms with Crippen LogP contribution in [-0.2, 0) is 6.54 Å². The summed E-state index contributed by atoms with van der Waals surface area (Å²) in [6, 6.07) is 11.2. The predicted octanol–water partition coefficient (Wildman–Crippen LogP) is 4.00. The monoisotopic (exact) mass is 392 g/mol. The molecule has 0 bridgehead atoms. The highest BCUT2D eigenvalue weighted by atomic mass is 19.1. The number of ether oxygens (including phenoxy) is 1. The topological polar surface area (TPSA) is 41.5 Å². The summed E-state index contributed by atoms with van der Waals surface area (Å²) in [7, 11) is 3.74. The zero-order valence-corrected chi connectivity index (χ0v) is 16.8. The lowest BCUT2D eigenvalue weighted by atomic mass is 10.0. The summed E-state index contributed by atoms with van der Waals surface area (Å²) < 4.78 is 19.2. The maximum Gasteiger partial charge on any atom is 0.126 e. The average molecular weight is 392 g/mol. The number of rotatable bonds is 6. The molecule has 29 heavy (non-hydrogen) atoms. The molecule has 150 valence electrons. The van der Waals surface area contributed by atoms with Gasteiger partial charge in [-0.15, -0.1) is 0 Å². The van der Waals surface area contributed by atoms with Gasteiger partial charge in [-0.1, -0.05) is 0 Å².